The van der Waals surface area contributed by atoms with Crippen LogP contribution in [0.2, 0.25) is 10.0 Å². The van der Waals surface area contributed by atoms with Crippen molar-refractivity contribution in [3.8, 4) is 11.3 Å². The van der Waals surface area contributed by atoms with Crippen LogP contribution in [0.15, 0.2) is 36.5 Å². The molecule has 5 rings (SSSR count). The van der Waals surface area contributed by atoms with Crippen LogP contribution < -0.4 is 11.1 Å². The van der Waals surface area contributed by atoms with Crippen molar-refractivity contribution in [2.75, 3.05) is 11.9 Å². The van der Waals surface area contributed by atoms with Crippen molar-refractivity contribution >= 4 is 57.4 Å². The third kappa shape index (κ3) is 3.95. The minimum atomic E-state index is -0.646. The molecule has 176 valence electrons. The average Bonchev–Trinajstić information content (AvgIpc) is 3.39. The van der Waals surface area contributed by atoms with E-state index in [0.717, 1.165) is 10.9 Å². The van der Waals surface area contributed by atoms with E-state index in [2.05, 4.69) is 20.4 Å². The van der Waals surface area contributed by atoms with Crippen molar-refractivity contribution in [3.05, 3.63) is 69.2 Å². The van der Waals surface area contributed by atoms with Crippen LogP contribution in [0.1, 0.15) is 16.1 Å². The normalized spacial score (nSPS) is 12.9. The summed E-state index contributed by atoms with van der Waals surface area (Å²) in [5.74, 6) is -0.646. The number of halogens is 2. The Morgan fingerprint density at radius 2 is 1.97 bits per heavy atom. The molecule has 0 saturated carbocycles. The van der Waals surface area contributed by atoms with Crippen LogP contribution in [-0.2, 0) is 20.1 Å². The first kappa shape index (κ1) is 22.7. The fourth-order valence-electron chi connectivity index (χ4n) is 4.23. The number of nitrogens with one attached hydrogen (secondary N) is 1. The van der Waals surface area contributed by atoms with Gasteiger partial charge in [-0.05, 0) is 24.3 Å². The molecule has 0 bridgehead atoms. The number of nitrogens with zero attached hydrogens (tertiary/aromatic N) is 6. The monoisotopic (exact) mass is 508 g/mol. The Hall–Kier alpha value is -4.07. The van der Waals surface area contributed by atoms with Crippen LogP contribution in [0.4, 0.5) is 16.2 Å². The van der Waals surface area contributed by atoms with E-state index in [4.69, 9.17) is 35.5 Å². The van der Waals surface area contributed by atoms with Crippen molar-refractivity contribution < 1.29 is 9.59 Å². The second-order valence-electron chi connectivity index (χ2n) is 8.05. The number of benzene rings is 2. The number of aryl methyl sites for hydroxylation is 1. The van der Waals surface area contributed by atoms with Gasteiger partial charge in [0.2, 0.25) is 5.69 Å². The topological polar surface area (TPSA) is 115 Å². The number of primary amides is 1. The second kappa shape index (κ2) is 8.61. The summed E-state index contributed by atoms with van der Waals surface area (Å²) in [6.07, 6.45) is 1.69. The fourth-order valence-corrected chi connectivity index (χ4v) is 4.81. The Bertz CT molecular complexity index is 1570. The number of rotatable bonds is 3. The number of aromatic nitrogens is 4. The first-order chi connectivity index (χ1) is 16.8. The minimum Gasteiger partial charge on any atom is -0.365 e. The molecule has 12 heteroatoms. The Balaban J connectivity index is 1.46. The predicted molar refractivity (Wildman–Crippen MR) is 133 cm³/mol. The highest BCUT2D eigenvalue weighted by molar-refractivity contribution is 6.35. The summed E-state index contributed by atoms with van der Waals surface area (Å²) < 4.78 is 3.37. The molecular formula is C23H18Cl2N8O2. The van der Waals surface area contributed by atoms with Crippen LogP contribution in [0.3, 0.4) is 0 Å². The van der Waals surface area contributed by atoms with Gasteiger partial charge in [0.15, 0.2) is 0 Å². The number of amides is 3. The number of carbonyl (C=O) groups excluding carboxylic acids is 2. The van der Waals surface area contributed by atoms with Crippen molar-refractivity contribution in [3.63, 3.8) is 0 Å². The molecule has 2 aromatic carbocycles. The lowest BCUT2D eigenvalue weighted by atomic mass is 10.0. The lowest BCUT2D eigenvalue weighted by molar-refractivity contribution is 0.0997. The SMILES string of the molecule is [C-]#[N+]c1ccc(NC(=O)N2CCn3nc(-c4cc(Cl)c5c(cnn5C)c4)c(C(N)=O)c3C2)cc1Cl. The van der Waals surface area contributed by atoms with Gasteiger partial charge >= 0.3 is 6.03 Å². The Morgan fingerprint density at radius 1 is 1.17 bits per heavy atom. The zero-order valence-electron chi connectivity index (χ0n) is 18.4. The molecule has 0 spiro atoms. The molecule has 2 aromatic heterocycles. The largest absolute Gasteiger partial charge is 0.365 e. The summed E-state index contributed by atoms with van der Waals surface area (Å²) in [4.78, 5) is 30.3. The van der Waals surface area contributed by atoms with E-state index in [-0.39, 0.29) is 23.2 Å². The van der Waals surface area contributed by atoms with E-state index in [1.807, 2.05) is 6.07 Å². The zero-order chi connectivity index (χ0) is 24.9. The highest BCUT2D eigenvalue weighted by atomic mass is 35.5. The molecule has 0 atom stereocenters. The lowest BCUT2D eigenvalue weighted by Gasteiger charge is -2.28. The van der Waals surface area contributed by atoms with Crippen LogP contribution >= 0.6 is 23.2 Å². The predicted octanol–water partition coefficient (Wildman–Crippen LogP) is 4.44. The van der Waals surface area contributed by atoms with Gasteiger partial charge in [-0.3, -0.25) is 14.2 Å². The molecule has 0 saturated heterocycles. The van der Waals surface area contributed by atoms with E-state index in [1.54, 1.807) is 39.6 Å². The number of nitrogens with two attached hydrogens (primary N) is 1. The molecular weight excluding hydrogens is 491 g/mol. The molecule has 0 fully saturated rings. The molecule has 3 heterocycles. The van der Waals surface area contributed by atoms with Gasteiger partial charge in [0.05, 0.1) is 47.7 Å². The first-order valence-electron chi connectivity index (χ1n) is 10.5. The molecule has 1 aliphatic rings. The van der Waals surface area contributed by atoms with E-state index >= 15 is 0 Å². The van der Waals surface area contributed by atoms with Gasteiger partial charge in [-0.25, -0.2) is 9.64 Å². The average molecular weight is 509 g/mol. The molecule has 3 amide bonds. The summed E-state index contributed by atoms with van der Waals surface area (Å²) in [6, 6.07) is 7.88. The van der Waals surface area contributed by atoms with E-state index < -0.39 is 5.91 Å². The van der Waals surface area contributed by atoms with E-state index in [0.29, 0.717) is 46.4 Å². The molecule has 0 unspecified atom stereocenters. The van der Waals surface area contributed by atoms with Crippen molar-refractivity contribution in [2.24, 2.45) is 12.8 Å². The maximum absolute atomic E-state index is 12.9. The lowest BCUT2D eigenvalue weighted by Crippen LogP contribution is -2.41. The maximum Gasteiger partial charge on any atom is 0.322 e. The first-order valence-corrected chi connectivity index (χ1v) is 11.3. The second-order valence-corrected chi connectivity index (χ2v) is 8.87. The zero-order valence-corrected chi connectivity index (χ0v) is 19.9. The quantitative estimate of drug-likeness (QED) is 0.398. The number of fused-ring (bicyclic) bond motifs is 2. The summed E-state index contributed by atoms with van der Waals surface area (Å²) in [5.41, 5.74) is 9.12. The standard InChI is InChI=1S/C23H18Cl2N8O2/c1-27-17-4-3-14(9-15(17)24)29-23(35)32-5-6-33-18(11-32)19(22(26)34)20(30-33)12-7-13-10-28-31(2)21(13)16(25)8-12/h3-4,7-10H,5-6,11H2,2H3,(H2,26,34)(H,29,35). The summed E-state index contributed by atoms with van der Waals surface area (Å²) in [7, 11) is 1.80. The molecule has 35 heavy (non-hydrogen) atoms. The highest BCUT2D eigenvalue weighted by Gasteiger charge is 2.30. The minimum absolute atomic E-state index is 0.133. The number of hydrogen-bond donors (Lipinski definition) is 2. The molecule has 1 aliphatic heterocycles. The smallest absolute Gasteiger partial charge is 0.322 e. The van der Waals surface area contributed by atoms with Gasteiger partial charge in [0, 0.05) is 35.3 Å². The Labute approximate surface area is 209 Å². The molecule has 4 aromatic rings. The molecule has 10 nitrogen and oxygen atoms in total. The van der Waals surface area contributed by atoms with Crippen LogP contribution in [-0.4, -0.2) is 42.9 Å². The van der Waals surface area contributed by atoms with Crippen LogP contribution in [0.5, 0.6) is 0 Å². The molecule has 0 radical (unpaired) electrons. The number of urea groups is 1. The van der Waals surface area contributed by atoms with Crippen molar-refractivity contribution in [1.29, 1.82) is 0 Å². The van der Waals surface area contributed by atoms with E-state index in [9.17, 15) is 9.59 Å². The Kier molecular flexibility index (Phi) is 5.59. The van der Waals surface area contributed by atoms with Gasteiger partial charge < -0.3 is 16.0 Å². The highest BCUT2D eigenvalue weighted by Crippen LogP contribution is 2.34. The van der Waals surface area contributed by atoms with Gasteiger partial charge in [-0.2, -0.15) is 10.2 Å². The van der Waals surface area contributed by atoms with Gasteiger partial charge in [-0.1, -0.05) is 29.3 Å². The maximum atomic E-state index is 12.9. The van der Waals surface area contributed by atoms with E-state index in [1.165, 1.54) is 12.1 Å². The van der Waals surface area contributed by atoms with Crippen LogP contribution in [0, 0.1) is 6.57 Å². The fraction of sp³-hybridized carbons (Fsp3) is 0.174. The summed E-state index contributed by atoms with van der Waals surface area (Å²) >= 11 is 12.6. The molecule has 0 aliphatic carbocycles. The number of carbonyl (C=O) groups is 2. The third-order valence-electron chi connectivity index (χ3n) is 5.89. The summed E-state index contributed by atoms with van der Waals surface area (Å²) in [6.45, 7) is 7.97. The van der Waals surface area contributed by atoms with Crippen LogP contribution in [0.25, 0.3) is 27.0 Å². The van der Waals surface area contributed by atoms with Crippen molar-refractivity contribution in [1.82, 2.24) is 24.5 Å². The van der Waals surface area contributed by atoms with Gasteiger partial charge in [0.25, 0.3) is 5.91 Å². The molecule has 3 N–H and O–H groups in total. The summed E-state index contributed by atoms with van der Waals surface area (Å²) in [5, 5.41) is 13.2. The Morgan fingerprint density at radius 3 is 2.69 bits per heavy atom. The van der Waals surface area contributed by atoms with Gasteiger partial charge in [0.1, 0.15) is 5.69 Å². The van der Waals surface area contributed by atoms with Gasteiger partial charge in [-0.15, -0.1) is 0 Å². The third-order valence-corrected chi connectivity index (χ3v) is 6.48. The number of hydrogen-bond acceptors (Lipinski definition) is 4. The van der Waals surface area contributed by atoms with Crippen molar-refractivity contribution in [2.45, 2.75) is 13.1 Å². The number of anilines is 1.